The molecule has 2 aromatic carbocycles. The molecule has 0 radical (unpaired) electrons. The van der Waals surface area contributed by atoms with Crippen molar-refractivity contribution in [3.63, 3.8) is 0 Å². The number of carbonyl (C=O) groups is 1. The van der Waals surface area contributed by atoms with Gasteiger partial charge in [-0.1, -0.05) is 48.5 Å². The average Bonchev–Trinajstić information content (AvgIpc) is 3.51. The number of fused-ring (bicyclic) bond motifs is 1. The van der Waals surface area contributed by atoms with Crippen LogP contribution in [0.1, 0.15) is 40.2 Å². The Morgan fingerprint density at radius 3 is 2.55 bits per heavy atom. The van der Waals surface area contributed by atoms with E-state index in [-0.39, 0.29) is 11.8 Å². The van der Waals surface area contributed by atoms with Crippen LogP contribution in [0, 0.1) is 0 Å². The molecule has 0 spiro atoms. The van der Waals surface area contributed by atoms with E-state index < -0.39 is 0 Å². The van der Waals surface area contributed by atoms with Crippen LogP contribution < -0.4 is 5.32 Å². The van der Waals surface area contributed by atoms with Crippen molar-refractivity contribution in [3.8, 4) is 0 Å². The van der Waals surface area contributed by atoms with Gasteiger partial charge in [-0.25, -0.2) is 4.98 Å². The van der Waals surface area contributed by atoms with Crippen molar-refractivity contribution in [2.75, 3.05) is 25.0 Å². The van der Waals surface area contributed by atoms with Crippen LogP contribution >= 0.6 is 0 Å². The van der Waals surface area contributed by atoms with E-state index in [4.69, 9.17) is 0 Å². The van der Waals surface area contributed by atoms with E-state index in [1.807, 2.05) is 29.2 Å². The number of rotatable bonds is 6. The minimum Gasteiger partial charge on any atom is -0.369 e. The Kier molecular flexibility index (Phi) is 5.40. The fourth-order valence-corrected chi connectivity index (χ4v) is 4.41. The van der Waals surface area contributed by atoms with Crippen LogP contribution in [0.5, 0.6) is 0 Å². The predicted octanol–water partition coefficient (Wildman–Crippen LogP) is 5.04. The Morgan fingerprint density at radius 2 is 1.77 bits per heavy atom. The molecule has 4 aromatic rings. The first-order valence-electron chi connectivity index (χ1n) is 10.9. The van der Waals surface area contributed by atoms with Gasteiger partial charge in [-0.15, -0.1) is 0 Å². The number of benzene rings is 2. The molecule has 2 N–H and O–H groups in total. The SMILES string of the molecule is O=C(c1ccc(NC[C@@H](c2ccccc2)c2c[nH]c3ccccc23)nc1)N1CCCC1. The molecule has 1 atom stereocenters. The molecule has 5 nitrogen and oxygen atoms in total. The summed E-state index contributed by atoms with van der Waals surface area (Å²) in [5.74, 6) is 1.03. The van der Waals surface area contributed by atoms with Crippen molar-refractivity contribution < 1.29 is 4.79 Å². The molecule has 3 heterocycles. The number of amides is 1. The maximum atomic E-state index is 12.6. The number of aromatic amines is 1. The van der Waals surface area contributed by atoms with E-state index in [1.54, 1.807) is 6.20 Å². The molecule has 0 aliphatic carbocycles. The van der Waals surface area contributed by atoms with Crippen molar-refractivity contribution in [2.24, 2.45) is 0 Å². The van der Waals surface area contributed by atoms with Gasteiger partial charge >= 0.3 is 0 Å². The monoisotopic (exact) mass is 410 g/mol. The fraction of sp³-hybridized carbons (Fsp3) is 0.231. The van der Waals surface area contributed by atoms with Crippen LogP contribution in [0.4, 0.5) is 5.82 Å². The molecule has 1 aliphatic rings. The lowest BCUT2D eigenvalue weighted by Crippen LogP contribution is -2.27. The lowest BCUT2D eigenvalue weighted by Gasteiger charge is -2.19. The fourth-order valence-electron chi connectivity index (χ4n) is 4.41. The summed E-state index contributed by atoms with van der Waals surface area (Å²) in [7, 11) is 0. The maximum Gasteiger partial charge on any atom is 0.255 e. The number of nitrogens with zero attached hydrogens (tertiary/aromatic N) is 2. The molecule has 0 bridgehead atoms. The summed E-state index contributed by atoms with van der Waals surface area (Å²) in [4.78, 5) is 22.4. The maximum absolute atomic E-state index is 12.6. The van der Waals surface area contributed by atoms with E-state index in [9.17, 15) is 4.79 Å². The molecule has 5 rings (SSSR count). The zero-order chi connectivity index (χ0) is 21.0. The summed E-state index contributed by atoms with van der Waals surface area (Å²) >= 11 is 0. The highest BCUT2D eigenvalue weighted by Gasteiger charge is 2.20. The third kappa shape index (κ3) is 4.04. The summed E-state index contributed by atoms with van der Waals surface area (Å²) in [6, 6.07) is 22.7. The van der Waals surface area contributed by atoms with E-state index in [2.05, 4.69) is 63.9 Å². The van der Waals surface area contributed by atoms with E-state index >= 15 is 0 Å². The van der Waals surface area contributed by atoms with Crippen LogP contribution in [0.2, 0.25) is 0 Å². The number of pyridine rings is 1. The van der Waals surface area contributed by atoms with Gasteiger partial charge < -0.3 is 15.2 Å². The van der Waals surface area contributed by atoms with Gasteiger partial charge in [-0.3, -0.25) is 4.79 Å². The van der Waals surface area contributed by atoms with E-state index in [0.29, 0.717) is 12.1 Å². The van der Waals surface area contributed by atoms with Crippen LogP contribution in [-0.4, -0.2) is 40.4 Å². The Morgan fingerprint density at radius 1 is 1.00 bits per heavy atom. The van der Waals surface area contributed by atoms with Crippen molar-refractivity contribution in [1.29, 1.82) is 0 Å². The van der Waals surface area contributed by atoms with Crippen LogP contribution in [0.15, 0.2) is 79.1 Å². The average molecular weight is 411 g/mol. The highest BCUT2D eigenvalue weighted by atomic mass is 16.2. The van der Waals surface area contributed by atoms with Crippen LogP contribution in [-0.2, 0) is 0 Å². The third-order valence-corrected chi connectivity index (χ3v) is 6.09. The standard InChI is InChI=1S/C26H26N4O/c31-26(30-14-6-7-15-30)20-12-13-25(28-16-20)29-17-22(19-8-2-1-3-9-19)23-18-27-24-11-5-4-10-21(23)24/h1-5,8-13,16,18,22,27H,6-7,14-15,17H2,(H,28,29)/t22-/m0/s1. The Hall–Kier alpha value is -3.60. The quantitative estimate of drug-likeness (QED) is 0.468. The second kappa shape index (κ2) is 8.64. The van der Waals surface area contributed by atoms with Gasteiger partial charge in [-0.2, -0.15) is 0 Å². The van der Waals surface area contributed by atoms with Crippen molar-refractivity contribution in [2.45, 2.75) is 18.8 Å². The van der Waals surface area contributed by atoms with Gasteiger partial charge in [0, 0.05) is 48.8 Å². The summed E-state index contributed by atoms with van der Waals surface area (Å²) in [5, 5.41) is 4.72. The first kappa shape index (κ1) is 19.4. The van der Waals surface area contributed by atoms with Gasteiger partial charge in [0.25, 0.3) is 5.91 Å². The molecular formula is C26H26N4O. The summed E-state index contributed by atoms with van der Waals surface area (Å²) in [5.41, 5.74) is 4.31. The minimum atomic E-state index is 0.0810. The highest BCUT2D eigenvalue weighted by molar-refractivity contribution is 5.94. The first-order chi connectivity index (χ1) is 15.3. The molecule has 31 heavy (non-hydrogen) atoms. The molecule has 0 saturated carbocycles. The normalized spacial score (nSPS) is 14.6. The molecule has 5 heteroatoms. The summed E-state index contributed by atoms with van der Waals surface area (Å²) in [6.07, 6.45) is 5.97. The predicted molar refractivity (Wildman–Crippen MR) is 124 cm³/mol. The molecular weight excluding hydrogens is 384 g/mol. The number of likely N-dealkylation sites (tertiary alicyclic amines) is 1. The Bertz CT molecular complexity index is 1160. The second-order valence-electron chi connectivity index (χ2n) is 8.07. The van der Waals surface area contributed by atoms with Gasteiger partial charge in [0.15, 0.2) is 0 Å². The zero-order valence-electron chi connectivity index (χ0n) is 17.4. The highest BCUT2D eigenvalue weighted by Crippen LogP contribution is 2.31. The van der Waals surface area contributed by atoms with Gasteiger partial charge in [-0.05, 0) is 42.2 Å². The number of para-hydroxylation sites is 1. The molecule has 1 saturated heterocycles. The summed E-state index contributed by atoms with van der Waals surface area (Å²) < 4.78 is 0. The van der Waals surface area contributed by atoms with Crippen molar-refractivity contribution in [3.05, 3.63) is 95.8 Å². The zero-order valence-corrected chi connectivity index (χ0v) is 17.4. The molecule has 1 amide bonds. The van der Waals surface area contributed by atoms with E-state index in [1.165, 1.54) is 16.5 Å². The van der Waals surface area contributed by atoms with Crippen molar-refractivity contribution in [1.82, 2.24) is 14.9 Å². The van der Waals surface area contributed by atoms with E-state index in [0.717, 1.165) is 37.3 Å². The number of hydrogen-bond donors (Lipinski definition) is 2. The number of nitrogens with one attached hydrogen (secondary N) is 2. The molecule has 156 valence electrons. The minimum absolute atomic E-state index is 0.0810. The third-order valence-electron chi connectivity index (χ3n) is 6.09. The van der Waals surface area contributed by atoms with Crippen LogP contribution in [0.3, 0.4) is 0 Å². The molecule has 1 aliphatic heterocycles. The molecule has 0 unspecified atom stereocenters. The smallest absolute Gasteiger partial charge is 0.255 e. The lowest BCUT2D eigenvalue weighted by molar-refractivity contribution is 0.0792. The Balaban J connectivity index is 1.36. The van der Waals surface area contributed by atoms with Crippen LogP contribution in [0.25, 0.3) is 10.9 Å². The van der Waals surface area contributed by atoms with Crippen molar-refractivity contribution >= 4 is 22.6 Å². The topological polar surface area (TPSA) is 61.0 Å². The number of anilines is 1. The number of aromatic nitrogens is 2. The summed E-state index contributed by atoms with van der Waals surface area (Å²) in [6.45, 7) is 2.41. The first-order valence-corrected chi connectivity index (χ1v) is 10.9. The molecule has 2 aromatic heterocycles. The Labute approximate surface area is 182 Å². The van der Waals surface area contributed by atoms with Gasteiger partial charge in [0.1, 0.15) is 5.82 Å². The second-order valence-corrected chi connectivity index (χ2v) is 8.07. The number of H-pyrrole nitrogens is 1. The van der Waals surface area contributed by atoms with Gasteiger partial charge in [0.2, 0.25) is 0 Å². The number of carbonyl (C=O) groups excluding carboxylic acids is 1. The number of hydrogen-bond acceptors (Lipinski definition) is 3. The van der Waals surface area contributed by atoms with Gasteiger partial charge in [0.05, 0.1) is 5.56 Å². The largest absolute Gasteiger partial charge is 0.369 e. The lowest BCUT2D eigenvalue weighted by atomic mass is 9.91. The molecule has 1 fully saturated rings.